The Balaban J connectivity index is 2.48. The smallest absolute Gasteiger partial charge is 0.189 e. The molecule has 0 amide bonds. The van der Waals surface area contributed by atoms with Gasteiger partial charge in [0.1, 0.15) is 5.03 Å². The van der Waals surface area contributed by atoms with Crippen LogP contribution < -0.4 is 0 Å². The lowest BCUT2D eigenvalue weighted by atomic mass is 10.4. The van der Waals surface area contributed by atoms with Crippen LogP contribution in [0.2, 0.25) is 15.1 Å². The Labute approximate surface area is 142 Å². The number of hydrogen-bond donors (Lipinski definition) is 0. The maximum Gasteiger partial charge on any atom is 0.323 e. The van der Waals surface area contributed by atoms with E-state index < -0.39 is 10.2 Å². The first-order chi connectivity index (χ1) is 9.71. The molecule has 1 heterocycles. The lowest BCUT2D eigenvalue weighted by molar-refractivity contribution is 0.498. The molecule has 0 aliphatic heterocycles. The van der Waals surface area contributed by atoms with E-state index in [1.54, 1.807) is 18.2 Å². The van der Waals surface area contributed by atoms with Crippen molar-refractivity contribution in [3.63, 3.8) is 0 Å². The van der Waals surface area contributed by atoms with Crippen molar-refractivity contribution in [1.29, 1.82) is 0 Å². The zero-order valence-electron chi connectivity index (χ0n) is 10.9. The molecule has 0 radical (unpaired) electrons. The summed E-state index contributed by atoms with van der Waals surface area (Å²) >= 11 is 19.0. The molecule has 2 rings (SSSR count). The van der Waals surface area contributed by atoms with Gasteiger partial charge in [-0.3, -0.25) is 0 Å². The van der Waals surface area contributed by atoms with Gasteiger partial charge in [-0.15, -0.1) is 4.09 Å². The highest BCUT2D eigenvalue weighted by atomic mass is 35.5. The van der Waals surface area contributed by atoms with E-state index in [0.29, 0.717) is 14.9 Å². The number of hydrogen-bond acceptors (Lipinski definition) is 4. The molecule has 0 unspecified atom stereocenters. The predicted molar refractivity (Wildman–Crippen MR) is 85.8 cm³/mol. The van der Waals surface area contributed by atoms with Crippen LogP contribution in [0.15, 0.2) is 34.3 Å². The predicted octanol–water partition coefficient (Wildman–Crippen LogP) is 3.65. The quantitative estimate of drug-likeness (QED) is 0.805. The van der Waals surface area contributed by atoms with E-state index in [4.69, 9.17) is 34.8 Å². The number of nitrogens with zero attached hydrogens (tertiary/aromatic N) is 3. The molecule has 21 heavy (non-hydrogen) atoms. The summed E-state index contributed by atoms with van der Waals surface area (Å²) in [5, 5.41) is 5.20. The SMILES string of the molecule is CN(C)S(=O)(=O)n1ncc(Cl)c1Sc1cc(Cl)cc(Cl)c1. The van der Waals surface area contributed by atoms with E-state index in [0.717, 1.165) is 20.2 Å². The van der Waals surface area contributed by atoms with Crippen molar-refractivity contribution in [2.45, 2.75) is 9.92 Å². The van der Waals surface area contributed by atoms with Gasteiger partial charge in [-0.25, -0.2) is 0 Å². The fraction of sp³-hybridized carbons (Fsp3) is 0.182. The third-order valence-electron chi connectivity index (χ3n) is 2.38. The summed E-state index contributed by atoms with van der Waals surface area (Å²) in [6.45, 7) is 0. The highest BCUT2D eigenvalue weighted by molar-refractivity contribution is 8.00. The molecule has 0 spiro atoms. The number of rotatable bonds is 4. The molecule has 0 atom stereocenters. The molecule has 0 bridgehead atoms. The highest BCUT2D eigenvalue weighted by Crippen LogP contribution is 2.36. The molecule has 0 aliphatic carbocycles. The molecule has 10 heteroatoms. The number of halogens is 3. The van der Waals surface area contributed by atoms with E-state index in [9.17, 15) is 8.42 Å². The van der Waals surface area contributed by atoms with Crippen LogP contribution in [0.5, 0.6) is 0 Å². The van der Waals surface area contributed by atoms with E-state index in [2.05, 4.69) is 5.10 Å². The van der Waals surface area contributed by atoms with Crippen LogP contribution in [0.25, 0.3) is 0 Å². The van der Waals surface area contributed by atoms with Crippen LogP contribution in [0, 0.1) is 0 Å². The summed E-state index contributed by atoms with van der Waals surface area (Å²) in [6.07, 6.45) is 1.27. The average Bonchev–Trinajstić information content (AvgIpc) is 2.70. The first kappa shape index (κ1) is 16.9. The van der Waals surface area contributed by atoms with Crippen molar-refractivity contribution in [2.75, 3.05) is 14.1 Å². The minimum atomic E-state index is -3.76. The molecular formula is C11H10Cl3N3O2S2. The molecule has 1 aromatic carbocycles. The van der Waals surface area contributed by atoms with Gasteiger partial charge < -0.3 is 0 Å². The largest absolute Gasteiger partial charge is 0.323 e. The molecule has 5 nitrogen and oxygen atoms in total. The van der Waals surface area contributed by atoms with Crippen molar-refractivity contribution in [3.05, 3.63) is 39.5 Å². The van der Waals surface area contributed by atoms with Gasteiger partial charge in [-0.1, -0.05) is 46.6 Å². The second-order valence-electron chi connectivity index (χ2n) is 4.14. The molecule has 0 saturated carbocycles. The van der Waals surface area contributed by atoms with Gasteiger partial charge in [0.05, 0.1) is 11.2 Å². The molecular weight excluding hydrogens is 377 g/mol. The minimum absolute atomic E-state index is 0.224. The number of benzene rings is 1. The van der Waals surface area contributed by atoms with Gasteiger partial charge in [0.2, 0.25) is 0 Å². The topological polar surface area (TPSA) is 55.2 Å². The summed E-state index contributed by atoms with van der Waals surface area (Å²) in [5.74, 6) is 0. The zero-order chi connectivity index (χ0) is 15.8. The Morgan fingerprint density at radius 3 is 2.24 bits per heavy atom. The second-order valence-corrected chi connectivity index (χ2v) is 8.45. The van der Waals surface area contributed by atoms with Crippen LogP contribution in [0.1, 0.15) is 0 Å². The maximum absolute atomic E-state index is 12.2. The van der Waals surface area contributed by atoms with Crippen molar-refractivity contribution in [1.82, 2.24) is 13.5 Å². The Kier molecular flexibility index (Phi) is 5.12. The van der Waals surface area contributed by atoms with E-state index in [1.807, 2.05) is 0 Å². The van der Waals surface area contributed by atoms with Gasteiger partial charge in [0.15, 0.2) is 0 Å². The normalized spacial score (nSPS) is 12.1. The second kappa shape index (κ2) is 6.36. The van der Waals surface area contributed by atoms with E-state index in [1.165, 1.54) is 20.3 Å². The van der Waals surface area contributed by atoms with Crippen molar-refractivity contribution < 1.29 is 8.42 Å². The summed E-state index contributed by atoms with van der Waals surface area (Å²) in [6, 6.07) is 4.91. The fourth-order valence-corrected chi connectivity index (χ4v) is 4.40. The van der Waals surface area contributed by atoms with Crippen LogP contribution >= 0.6 is 46.6 Å². The van der Waals surface area contributed by atoms with Gasteiger partial charge in [0.25, 0.3) is 0 Å². The Bertz CT molecular complexity index is 755. The maximum atomic E-state index is 12.2. The average molecular weight is 387 g/mol. The molecule has 2 aromatic rings. The summed E-state index contributed by atoms with van der Waals surface area (Å²) < 4.78 is 26.3. The monoisotopic (exact) mass is 385 g/mol. The molecule has 0 fully saturated rings. The highest BCUT2D eigenvalue weighted by Gasteiger charge is 2.24. The molecule has 0 saturated heterocycles. The summed E-state index contributed by atoms with van der Waals surface area (Å²) in [5.41, 5.74) is 0. The number of aromatic nitrogens is 2. The van der Waals surface area contributed by atoms with E-state index in [-0.39, 0.29) is 10.0 Å². The van der Waals surface area contributed by atoms with Crippen molar-refractivity contribution in [3.8, 4) is 0 Å². The van der Waals surface area contributed by atoms with Gasteiger partial charge >= 0.3 is 10.2 Å². The van der Waals surface area contributed by atoms with E-state index >= 15 is 0 Å². The van der Waals surface area contributed by atoms with Crippen LogP contribution in [-0.4, -0.2) is 36.0 Å². The summed E-state index contributed by atoms with van der Waals surface area (Å²) in [7, 11) is -0.935. The lowest BCUT2D eigenvalue weighted by Crippen LogP contribution is -2.30. The zero-order valence-corrected chi connectivity index (χ0v) is 14.8. The Hall–Kier alpha value is -0.440. The van der Waals surface area contributed by atoms with Crippen molar-refractivity contribution in [2.24, 2.45) is 0 Å². The Morgan fingerprint density at radius 2 is 1.71 bits per heavy atom. The van der Waals surface area contributed by atoms with Gasteiger partial charge in [-0.2, -0.15) is 17.8 Å². The van der Waals surface area contributed by atoms with Crippen LogP contribution in [-0.2, 0) is 10.2 Å². The van der Waals surface area contributed by atoms with Gasteiger partial charge in [0, 0.05) is 29.0 Å². The van der Waals surface area contributed by atoms with Crippen LogP contribution in [0.4, 0.5) is 0 Å². The molecule has 114 valence electrons. The third-order valence-corrected chi connectivity index (χ3v) is 6.02. The fourth-order valence-electron chi connectivity index (χ4n) is 1.41. The van der Waals surface area contributed by atoms with Crippen molar-refractivity contribution >= 4 is 56.8 Å². The lowest BCUT2D eigenvalue weighted by Gasteiger charge is -2.13. The summed E-state index contributed by atoms with van der Waals surface area (Å²) in [4.78, 5) is 0.658. The Morgan fingerprint density at radius 1 is 1.14 bits per heavy atom. The minimum Gasteiger partial charge on any atom is -0.189 e. The first-order valence-electron chi connectivity index (χ1n) is 5.52. The van der Waals surface area contributed by atoms with Crippen LogP contribution in [0.3, 0.4) is 0 Å². The molecule has 0 aliphatic rings. The van der Waals surface area contributed by atoms with Gasteiger partial charge in [-0.05, 0) is 18.2 Å². The molecule has 0 N–H and O–H groups in total. The molecule has 1 aromatic heterocycles. The third kappa shape index (κ3) is 3.67. The first-order valence-corrected chi connectivity index (χ1v) is 8.87. The standard InChI is InChI=1S/C11H10Cl3N3O2S2/c1-16(2)21(18,19)17-11(10(14)6-15-17)20-9-4-7(12)3-8(13)5-9/h3-6H,1-2H3.